The van der Waals surface area contributed by atoms with Gasteiger partial charge >= 0.3 is 0 Å². The molecule has 1 heterocycles. The summed E-state index contributed by atoms with van der Waals surface area (Å²) in [7, 11) is 0. The van der Waals surface area contributed by atoms with E-state index in [0.29, 0.717) is 11.3 Å². The van der Waals surface area contributed by atoms with Crippen molar-refractivity contribution in [3.05, 3.63) is 11.7 Å². The Morgan fingerprint density at radius 2 is 2.08 bits per heavy atom. The summed E-state index contributed by atoms with van der Waals surface area (Å²) in [5.74, 6) is 2.75. The summed E-state index contributed by atoms with van der Waals surface area (Å²) in [6, 6.07) is 0. The molecule has 1 aromatic heterocycles. The lowest BCUT2D eigenvalue weighted by Crippen LogP contribution is -2.40. The van der Waals surface area contributed by atoms with Gasteiger partial charge in [0, 0.05) is 32.0 Å². The lowest BCUT2D eigenvalue weighted by molar-refractivity contribution is 0.139. The van der Waals surface area contributed by atoms with Gasteiger partial charge in [0.2, 0.25) is 5.89 Å². The molecule has 0 aromatic carbocycles. The minimum Gasteiger partial charge on any atom is -0.357 e. The minimum atomic E-state index is 0.311. The Bertz CT molecular complexity index is 514. The van der Waals surface area contributed by atoms with Crippen molar-refractivity contribution >= 4 is 5.96 Å². The zero-order valence-corrected chi connectivity index (χ0v) is 15.7. The van der Waals surface area contributed by atoms with Crippen LogP contribution in [0.3, 0.4) is 0 Å². The van der Waals surface area contributed by atoms with E-state index < -0.39 is 0 Å². The molecule has 24 heavy (non-hydrogen) atoms. The molecule has 1 aliphatic rings. The number of nitrogens with one attached hydrogen (secondary N) is 2. The van der Waals surface area contributed by atoms with Crippen LogP contribution in [0.4, 0.5) is 0 Å². The van der Waals surface area contributed by atoms with Crippen LogP contribution in [0, 0.1) is 5.41 Å². The molecule has 0 atom stereocenters. The maximum atomic E-state index is 5.27. The molecule has 1 aliphatic carbocycles. The molecule has 0 amide bonds. The predicted octanol–water partition coefficient (Wildman–Crippen LogP) is 3.26. The molecule has 0 radical (unpaired) electrons. The molecule has 1 aromatic rings. The van der Waals surface area contributed by atoms with Gasteiger partial charge in [-0.05, 0) is 38.0 Å². The number of aromatic nitrogens is 2. The van der Waals surface area contributed by atoms with Crippen molar-refractivity contribution in [2.24, 2.45) is 10.4 Å². The fraction of sp³-hybridized carbons (Fsp3) is 0.833. The number of hydrogen-bond donors (Lipinski definition) is 2. The largest absolute Gasteiger partial charge is 0.357 e. The van der Waals surface area contributed by atoms with Crippen LogP contribution in [0.1, 0.15) is 77.4 Å². The molecule has 1 fully saturated rings. The summed E-state index contributed by atoms with van der Waals surface area (Å²) in [6.45, 7) is 11.2. The first-order valence-electron chi connectivity index (χ1n) is 9.43. The Morgan fingerprint density at radius 3 is 2.62 bits per heavy atom. The fourth-order valence-corrected chi connectivity index (χ4v) is 2.94. The maximum absolute atomic E-state index is 5.27. The zero-order chi connectivity index (χ0) is 17.4. The van der Waals surface area contributed by atoms with Crippen molar-refractivity contribution in [1.29, 1.82) is 0 Å². The maximum Gasteiger partial charge on any atom is 0.226 e. The third kappa shape index (κ3) is 5.21. The number of rotatable bonds is 9. The van der Waals surface area contributed by atoms with Crippen LogP contribution in [0.2, 0.25) is 0 Å². The third-order valence-electron chi connectivity index (χ3n) is 4.94. The zero-order valence-electron chi connectivity index (χ0n) is 15.7. The van der Waals surface area contributed by atoms with Gasteiger partial charge in [-0.25, -0.2) is 0 Å². The SMILES string of the molecule is CCNC(=NCC1(CC)CCC1)NCCCc1nc(C(C)C)no1. The van der Waals surface area contributed by atoms with Crippen molar-refractivity contribution in [1.82, 2.24) is 20.8 Å². The monoisotopic (exact) mass is 335 g/mol. The molecule has 1 saturated carbocycles. The van der Waals surface area contributed by atoms with E-state index in [1.54, 1.807) is 0 Å². The molecule has 2 rings (SSSR count). The van der Waals surface area contributed by atoms with Crippen LogP contribution < -0.4 is 10.6 Å². The summed E-state index contributed by atoms with van der Waals surface area (Å²) < 4.78 is 5.27. The number of aryl methyl sites for hydroxylation is 1. The molecule has 0 saturated heterocycles. The average Bonchev–Trinajstić information content (AvgIpc) is 3.00. The molecule has 6 nitrogen and oxygen atoms in total. The Morgan fingerprint density at radius 1 is 1.29 bits per heavy atom. The predicted molar refractivity (Wildman–Crippen MR) is 97.3 cm³/mol. The number of nitrogens with zero attached hydrogens (tertiary/aromatic N) is 3. The summed E-state index contributed by atoms with van der Waals surface area (Å²) in [4.78, 5) is 9.20. The molecular weight excluding hydrogens is 302 g/mol. The Balaban J connectivity index is 1.74. The topological polar surface area (TPSA) is 75.3 Å². The van der Waals surface area contributed by atoms with Crippen molar-refractivity contribution < 1.29 is 4.52 Å². The van der Waals surface area contributed by atoms with Crippen LogP contribution in [0.25, 0.3) is 0 Å². The third-order valence-corrected chi connectivity index (χ3v) is 4.94. The van der Waals surface area contributed by atoms with E-state index in [1.165, 1.54) is 25.7 Å². The van der Waals surface area contributed by atoms with Gasteiger partial charge in [0.25, 0.3) is 0 Å². The summed E-state index contributed by atoms with van der Waals surface area (Å²) >= 11 is 0. The molecule has 0 aliphatic heterocycles. The van der Waals surface area contributed by atoms with Gasteiger partial charge in [0.1, 0.15) is 0 Å². The second kappa shape index (κ2) is 9.04. The fourth-order valence-electron chi connectivity index (χ4n) is 2.94. The van der Waals surface area contributed by atoms with Gasteiger partial charge in [0.05, 0.1) is 0 Å². The van der Waals surface area contributed by atoms with Gasteiger partial charge in [-0.2, -0.15) is 4.98 Å². The highest BCUT2D eigenvalue weighted by Gasteiger charge is 2.34. The summed E-state index contributed by atoms with van der Waals surface area (Å²) in [5, 5.41) is 10.7. The van der Waals surface area contributed by atoms with E-state index in [2.05, 4.69) is 48.5 Å². The van der Waals surface area contributed by atoms with Crippen LogP contribution in [0.5, 0.6) is 0 Å². The Labute approximate surface area is 145 Å². The van der Waals surface area contributed by atoms with Crippen molar-refractivity contribution in [2.45, 2.75) is 72.1 Å². The Hall–Kier alpha value is -1.59. The van der Waals surface area contributed by atoms with Gasteiger partial charge in [-0.3, -0.25) is 4.99 Å². The lowest BCUT2D eigenvalue weighted by Gasteiger charge is -2.40. The molecule has 136 valence electrons. The molecule has 0 unspecified atom stereocenters. The van der Waals surface area contributed by atoms with Crippen LogP contribution >= 0.6 is 0 Å². The lowest BCUT2D eigenvalue weighted by atomic mass is 9.67. The van der Waals surface area contributed by atoms with E-state index in [-0.39, 0.29) is 0 Å². The van der Waals surface area contributed by atoms with E-state index in [1.807, 2.05) is 0 Å². The first-order valence-corrected chi connectivity index (χ1v) is 9.43. The highest BCUT2D eigenvalue weighted by Crippen LogP contribution is 2.43. The smallest absolute Gasteiger partial charge is 0.226 e. The van der Waals surface area contributed by atoms with Gasteiger partial charge in [-0.15, -0.1) is 0 Å². The standard InChI is InChI=1S/C18H33N5O/c1-5-18(10-8-11-18)13-21-17(19-6-2)20-12-7-9-15-22-16(14(3)4)23-24-15/h14H,5-13H2,1-4H3,(H2,19,20,21). The summed E-state index contributed by atoms with van der Waals surface area (Å²) in [6.07, 6.45) is 6.97. The van der Waals surface area contributed by atoms with E-state index >= 15 is 0 Å². The van der Waals surface area contributed by atoms with E-state index in [0.717, 1.165) is 50.2 Å². The van der Waals surface area contributed by atoms with Crippen LogP contribution in [0.15, 0.2) is 9.52 Å². The highest BCUT2D eigenvalue weighted by atomic mass is 16.5. The van der Waals surface area contributed by atoms with Crippen molar-refractivity contribution in [2.75, 3.05) is 19.6 Å². The summed E-state index contributed by atoms with van der Waals surface area (Å²) in [5.41, 5.74) is 0.458. The van der Waals surface area contributed by atoms with Crippen molar-refractivity contribution in [3.8, 4) is 0 Å². The average molecular weight is 335 g/mol. The van der Waals surface area contributed by atoms with Crippen LogP contribution in [-0.4, -0.2) is 35.7 Å². The minimum absolute atomic E-state index is 0.311. The van der Waals surface area contributed by atoms with E-state index in [4.69, 9.17) is 9.52 Å². The number of guanidine groups is 1. The Kier molecular flexibility index (Phi) is 7.06. The molecule has 6 heteroatoms. The molecular formula is C18H33N5O. The second-order valence-corrected chi connectivity index (χ2v) is 7.13. The first-order chi connectivity index (χ1) is 11.6. The quantitative estimate of drug-likeness (QED) is 0.411. The number of hydrogen-bond acceptors (Lipinski definition) is 4. The number of aliphatic imine (C=N–C) groups is 1. The molecule has 2 N–H and O–H groups in total. The van der Waals surface area contributed by atoms with Gasteiger partial charge < -0.3 is 15.2 Å². The normalized spacial score (nSPS) is 17.0. The van der Waals surface area contributed by atoms with Gasteiger partial charge in [0.15, 0.2) is 11.8 Å². The van der Waals surface area contributed by atoms with Crippen LogP contribution in [-0.2, 0) is 6.42 Å². The molecule has 0 spiro atoms. The van der Waals surface area contributed by atoms with Gasteiger partial charge in [-0.1, -0.05) is 32.3 Å². The highest BCUT2D eigenvalue weighted by molar-refractivity contribution is 5.79. The van der Waals surface area contributed by atoms with Crippen molar-refractivity contribution in [3.63, 3.8) is 0 Å². The molecule has 0 bridgehead atoms. The van der Waals surface area contributed by atoms with E-state index in [9.17, 15) is 0 Å². The second-order valence-electron chi connectivity index (χ2n) is 7.13. The first kappa shape index (κ1) is 18.7.